The molecule has 0 aliphatic rings. The molecule has 2 heterocycles. The van der Waals surface area contributed by atoms with Crippen molar-refractivity contribution in [2.75, 3.05) is 43.9 Å². The van der Waals surface area contributed by atoms with E-state index in [9.17, 15) is 0 Å². The number of nitrogens with one attached hydrogen (secondary N) is 2. The summed E-state index contributed by atoms with van der Waals surface area (Å²) in [5.41, 5.74) is 3.14. The van der Waals surface area contributed by atoms with E-state index in [1.54, 1.807) is 6.33 Å². The predicted molar refractivity (Wildman–Crippen MR) is 125 cm³/mol. The quantitative estimate of drug-likeness (QED) is 0.434. The second kappa shape index (κ2) is 9.53. The van der Waals surface area contributed by atoms with Gasteiger partial charge in [0.1, 0.15) is 6.33 Å². The van der Waals surface area contributed by atoms with Crippen LogP contribution in [-0.2, 0) is 0 Å². The van der Waals surface area contributed by atoms with Gasteiger partial charge in [-0.2, -0.15) is 15.0 Å². The van der Waals surface area contributed by atoms with Crippen molar-refractivity contribution in [3.05, 3.63) is 66.5 Å². The summed E-state index contributed by atoms with van der Waals surface area (Å²) in [5, 5.41) is 6.57. The summed E-state index contributed by atoms with van der Waals surface area (Å²) in [6.07, 6.45) is 1.76. The lowest BCUT2D eigenvalue weighted by Crippen LogP contribution is -2.29. The van der Waals surface area contributed by atoms with Gasteiger partial charge in [-0.15, -0.1) is 0 Å². The third-order valence-electron chi connectivity index (χ3n) is 5.25. The Labute approximate surface area is 182 Å². The Hall–Kier alpha value is -3.52. The molecule has 160 valence electrons. The van der Waals surface area contributed by atoms with Crippen molar-refractivity contribution < 1.29 is 0 Å². The number of aromatic nitrogens is 5. The van der Waals surface area contributed by atoms with Crippen LogP contribution < -0.4 is 15.5 Å². The standard InChI is InChI=1S/C23H28N8/c1-17(18-9-5-4-6-10-18)15-25-21-27-22(30(3)14-13-24-2)29-23(28-21)31-16-26-19-11-7-8-12-20(19)31/h4-12,16-17,24H,13-15H2,1-3H3,(H,25,27,28,29)/t17-/m1/s1. The van der Waals surface area contributed by atoms with Crippen molar-refractivity contribution in [3.8, 4) is 5.95 Å². The summed E-state index contributed by atoms with van der Waals surface area (Å²) in [7, 11) is 3.92. The number of para-hydroxylation sites is 2. The largest absolute Gasteiger partial charge is 0.353 e. The Morgan fingerprint density at radius 3 is 2.58 bits per heavy atom. The SMILES string of the molecule is CNCCN(C)c1nc(NC[C@@H](C)c2ccccc2)nc(-n2cnc3ccccc32)n1. The van der Waals surface area contributed by atoms with Crippen LogP contribution in [0.25, 0.3) is 17.0 Å². The number of rotatable bonds is 9. The van der Waals surface area contributed by atoms with Crippen LogP contribution >= 0.6 is 0 Å². The topological polar surface area (TPSA) is 83.8 Å². The summed E-state index contributed by atoms with van der Waals surface area (Å²) in [5.74, 6) is 2.04. The van der Waals surface area contributed by atoms with Crippen LogP contribution in [0.3, 0.4) is 0 Å². The molecule has 0 aliphatic heterocycles. The zero-order valence-corrected chi connectivity index (χ0v) is 18.2. The first-order valence-corrected chi connectivity index (χ1v) is 10.5. The van der Waals surface area contributed by atoms with Crippen LogP contribution in [-0.4, -0.2) is 58.2 Å². The van der Waals surface area contributed by atoms with Gasteiger partial charge in [0, 0.05) is 26.7 Å². The third-order valence-corrected chi connectivity index (χ3v) is 5.25. The Kier molecular flexibility index (Phi) is 6.37. The van der Waals surface area contributed by atoms with Crippen LogP contribution in [0.1, 0.15) is 18.4 Å². The summed E-state index contributed by atoms with van der Waals surface area (Å²) in [6.45, 7) is 4.52. The van der Waals surface area contributed by atoms with Gasteiger partial charge in [0.25, 0.3) is 0 Å². The molecule has 4 rings (SSSR count). The number of benzene rings is 2. The van der Waals surface area contributed by atoms with E-state index in [-0.39, 0.29) is 0 Å². The molecule has 31 heavy (non-hydrogen) atoms. The molecule has 0 fully saturated rings. The fourth-order valence-electron chi connectivity index (χ4n) is 3.35. The first-order chi connectivity index (χ1) is 15.2. The highest BCUT2D eigenvalue weighted by Crippen LogP contribution is 2.20. The Bertz CT molecular complexity index is 1120. The maximum absolute atomic E-state index is 4.72. The number of hydrogen-bond acceptors (Lipinski definition) is 7. The maximum Gasteiger partial charge on any atom is 0.242 e. The monoisotopic (exact) mass is 416 g/mol. The lowest BCUT2D eigenvalue weighted by molar-refractivity contribution is 0.743. The molecule has 2 N–H and O–H groups in total. The third kappa shape index (κ3) is 4.80. The van der Waals surface area contributed by atoms with Crippen molar-refractivity contribution in [3.63, 3.8) is 0 Å². The molecule has 8 heteroatoms. The van der Waals surface area contributed by atoms with Crippen LogP contribution in [0.4, 0.5) is 11.9 Å². The molecule has 0 radical (unpaired) electrons. The molecule has 0 unspecified atom stereocenters. The summed E-state index contributed by atoms with van der Waals surface area (Å²) in [6, 6.07) is 18.4. The molecule has 0 amide bonds. The van der Waals surface area contributed by atoms with Gasteiger partial charge < -0.3 is 15.5 Å². The van der Waals surface area contributed by atoms with Crippen molar-refractivity contribution in [1.29, 1.82) is 0 Å². The van der Waals surface area contributed by atoms with Gasteiger partial charge in [0.15, 0.2) is 0 Å². The van der Waals surface area contributed by atoms with Crippen LogP contribution in [0.2, 0.25) is 0 Å². The molecule has 1 atom stereocenters. The van der Waals surface area contributed by atoms with E-state index in [0.29, 0.717) is 23.8 Å². The van der Waals surface area contributed by atoms with Gasteiger partial charge in [0.2, 0.25) is 17.8 Å². The fourth-order valence-corrected chi connectivity index (χ4v) is 3.35. The van der Waals surface area contributed by atoms with E-state index in [4.69, 9.17) is 9.97 Å². The van der Waals surface area contributed by atoms with Gasteiger partial charge in [-0.3, -0.25) is 4.57 Å². The van der Waals surface area contributed by atoms with E-state index in [1.165, 1.54) is 5.56 Å². The highest BCUT2D eigenvalue weighted by molar-refractivity contribution is 5.76. The molecule has 0 saturated heterocycles. The van der Waals surface area contributed by atoms with E-state index >= 15 is 0 Å². The zero-order valence-electron chi connectivity index (χ0n) is 18.2. The highest BCUT2D eigenvalue weighted by atomic mass is 15.3. The van der Waals surface area contributed by atoms with Gasteiger partial charge in [0.05, 0.1) is 11.0 Å². The second-order valence-corrected chi connectivity index (χ2v) is 7.58. The average Bonchev–Trinajstić information content (AvgIpc) is 3.25. The molecule has 8 nitrogen and oxygen atoms in total. The molecule has 0 spiro atoms. The zero-order chi connectivity index (χ0) is 21.6. The van der Waals surface area contributed by atoms with Crippen LogP contribution in [0, 0.1) is 0 Å². The summed E-state index contributed by atoms with van der Waals surface area (Å²) in [4.78, 5) is 20.6. The van der Waals surface area contributed by atoms with E-state index < -0.39 is 0 Å². The first kappa shape index (κ1) is 20.7. The van der Waals surface area contributed by atoms with Crippen LogP contribution in [0.15, 0.2) is 60.9 Å². The smallest absolute Gasteiger partial charge is 0.242 e. The molecular formula is C23H28N8. The van der Waals surface area contributed by atoms with Crippen molar-refractivity contribution in [1.82, 2.24) is 29.8 Å². The average molecular weight is 417 g/mol. The highest BCUT2D eigenvalue weighted by Gasteiger charge is 2.14. The maximum atomic E-state index is 4.72. The number of hydrogen-bond donors (Lipinski definition) is 2. The molecule has 4 aromatic rings. The van der Waals surface area contributed by atoms with Crippen molar-refractivity contribution >= 4 is 22.9 Å². The minimum absolute atomic E-state index is 0.320. The minimum Gasteiger partial charge on any atom is -0.353 e. The minimum atomic E-state index is 0.320. The second-order valence-electron chi connectivity index (χ2n) is 7.58. The molecule has 2 aromatic carbocycles. The summed E-state index contributed by atoms with van der Waals surface area (Å²) >= 11 is 0. The Morgan fingerprint density at radius 2 is 1.77 bits per heavy atom. The Morgan fingerprint density at radius 1 is 1.00 bits per heavy atom. The van der Waals surface area contributed by atoms with E-state index in [2.05, 4.69) is 51.8 Å². The van der Waals surface area contributed by atoms with Gasteiger partial charge in [-0.25, -0.2) is 4.98 Å². The number of anilines is 2. The van der Waals surface area contributed by atoms with Gasteiger partial charge in [-0.05, 0) is 30.7 Å². The normalized spacial score (nSPS) is 12.1. The van der Waals surface area contributed by atoms with E-state index in [1.807, 2.05) is 53.9 Å². The Balaban J connectivity index is 1.64. The predicted octanol–water partition coefficient (Wildman–Crippen LogP) is 3.08. The van der Waals surface area contributed by atoms with Crippen LogP contribution in [0.5, 0.6) is 0 Å². The lowest BCUT2D eigenvalue weighted by atomic mass is 10.0. The summed E-state index contributed by atoms with van der Waals surface area (Å²) < 4.78 is 1.90. The van der Waals surface area contributed by atoms with Crippen molar-refractivity contribution in [2.24, 2.45) is 0 Å². The fraction of sp³-hybridized carbons (Fsp3) is 0.304. The van der Waals surface area contributed by atoms with Gasteiger partial charge in [-0.1, -0.05) is 49.4 Å². The molecular weight excluding hydrogens is 388 g/mol. The molecule has 0 aliphatic carbocycles. The number of nitrogens with zero attached hydrogens (tertiary/aromatic N) is 6. The number of imidazole rings is 1. The number of fused-ring (bicyclic) bond motifs is 1. The lowest BCUT2D eigenvalue weighted by Gasteiger charge is -2.19. The first-order valence-electron chi connectivity index (χ1n) is 10.5. The van der Waals surface area contributed by atoms with Gasteiger partial charge >= 0.3 is 0 Å². The molecule has 0 bridgehead atoms. The van der Waals surface area contributed by atoms with E-state index in [0.717, 1.165) is 30.7 Å². The number of likely N-dealkylation sites (N-methyl/N-ethyl adjacent to an activating group) is 2. The molecule has 0 saturated carbocycles. The molecule has 2 aromatic heterocycles. The van der Waals surface area contributed by atoms with Crippen molar-refractivity contribution in [2.45, 2.75) is 12.8 Å².